The summed E-state index contributed by atoms with van der Waals surface area (Å²) in [4.78, 5) is 0. The van der Waals surface area contributed by atoms with E-state index in [0.29, 0.717) is 0 Å². The molecule has 0 rings (SSSR count). The van der Waals surface area contributed by atoms with Crippen LogP contribution in [0.4, 0.5) is 0 Å². The Hall–Kier alpha value is -0.0400. The first-order valence-electron chi connectivity index (χ1n) is 7.04. The molecule has 0 radical (unpaired) electrons. The fourth-order valence-electron chi connectivity index (χ4n) is 0.250. The number of hydrogen-bond donors (Lipinski definition) is 1. The van der Waals surface area contributed by atoms with Crippen molar-refractivity contribution in [3.63, 3.8) is 0 Å². The molecule has 0 aliphatic heterocycles. The van der Waals surface area contributed by atoms with Crippen molar-refractivity contribution >= 4 is 0 Å². The maximum atomic E-state index is 3.11. The minimum absolute atomic E-state index is 1.09. The van der Waals surface area contributed by atoms with Gasteiger partial charge >= 0.3 is 0 Å². The lowest BCUT2D eigenvalue weighted by Crippen LogP contribution is -2.09. The highest BCUT2D eigenvalue weighted by molar-refractivity contribution is 4.27. The Morgan fingerprint density at radius 1 is 0.533 bits per heavy atom. The third-order valence-corrected chi connectivity index (χ3v) is 1.000. The van der Waals surface area contributed by atoms with Crippen LogP contribution in [0.25, 0.3) is 0 Å². The molecule has 1 heteroatoms. The Balaban J connectivity index is -0.0000000301. The van der Waals surface area contributed by atoms with E-state index in [1.807, 2.05) is 41.5 Å². The third kappa shape index (κ3) is 228. The molecular weight excluding hydrogens is 182 g/mol. The van der Waals surface area contributed by atoms with Crippen LogP contribution in [0.15, 0.2) is 0 Å². The number of unbranched alkanes of at least 4 members (excludes halogenated alkanes) is 1. The summed E-state index contributed by atoms with van der Waals surface area (Å²) < 4.78 is 0. The van der Waals surface area contributed by atoms with Gasteiger partial charge in [0.2, 0.25) is 0 Å². The van der Waals surface area contributed by atoms with E-state index in [1.54, 1.807) is 0 Å². The van der Waals surface area contributed by atoms with Crippen molar-refractivity contribution in [2.45, 2.75) is 82.1 Å². The highest BCUT2D eigenvalue weighted by Gasteiger charge is 1.62. The fourth-order valence-corrected chi connectivity index (χ4v) is 0.250. The number of nitrogens with one attached hydrogen (secondary N) is 1. The van der Waals surface area contributed by atoms with Gasteiger partial charge < -0.3 is 5.32 Å². The van der Waals surface area contributed by atoms with Crippen molar-refractivity contribution in [3.05, 3.63) is 0 Å². The summed E-state index contributed by atoms with van der Waals surface area (Å²) in [6.45, 7) is 22.8. The SMILES string of the molecule is CC.CC.CC.CCCC.CCNCC. The lowest BCUT2D eigenvalue weighted by atomic mass is 10.4. The van der Waals surface area contributed by atoms with Crippen LogP contribution < -0.4 is 5.32 Å². The molecule has 1 nitrogen and oxygen atoms in total. The second-order valence-corrected chi connectivity index (χ2v) is 1.96. The van der Waals surface area contributed by atoms with Gasteiger partial charge in [-0.05, 0) is 13.1 Å². The van der Waals surface area contributed by atoms with Crippen molar-refractivity contribution in [1.82, 2.24) is 5.32 Å². The average Bonchev–Trinajstić information content (AvgIpc) is 2.38. The summed E-state index contributed by atoms with van der Waals surface area (Å²) >= 11 is 0. The van der Waals surface area contributed by atoms with Crippen molar-refractivity contribution in [2.24, 2.45) is 0 Å². The predicted octanol–water partition coefficient (Wildman–Crippen LogP) is 5.50. The molecule has 0 aromatic carbocycles. The second-order valence-electron chi connectivity index (χ2n) is 1.96. The molecule has 0 unspecified atom stereocenters. The average molecular weight is 221 g/mol. The van der Waals surface area contributed by atoms with Crippen LogP contribution in [-0.2, 0) is 0 Å². The summed E-state index contributed by atoms with van der Waals surface area (Å²) in [5.41, 5.74) is 0. The van der Waals surface area contributed by atoms with Crippen LogP contribution in [0.3, 0.4) is 0 Å². The first kappa shape index (κ1) is 29.4. The Morgan fingerprint density at radius 3 is 0.733 bits per heavy atom. The van der Waals surface area contributed by atoms with E-state index in [1.165, 1.54) is 12.8 Å². The Bertz CT molecular complexity index is 24.5. The zero-order valence-corrected chi connectivity index (χ0v) is 13.3. The van der Waals surface area contributed by atoms with Crippen molar-refractivity contribution in [1.29, 1.82) is 0 Å². The molecule has 0 spiro atoms. The predicted molar refractivity (Wildman–Crippen MR) is 78.8 cm³/mol. The quantitative estimate of drug-likeness (QED) is 0.663. The van der Waals surface area contributed by atoms with E-state index in [9.17, 15) is 0 Å². The summed E-state index contributed by atoms with van der Waals surface area (Å²) in [6, 6.07) is 0. The van der Waals surface area contributed by atoms with Gasteiger partial charge in [0, 0.05) is 0 Å². The molecule has 0 aromatic rings. The van der Waals surface area contributed by atoms with E-state index < -0.39 is 0 Å². The standard InChI is InChI=1S/C4H11N.C4H10.3C2H6/c1-3-5-4-2;1-3-4-2;3*1-2/h5H,3-4H2,1-2H3;3-4H2,1-2H3;3*1-2H3. The van der Waals surface area contributed by atoms with Crippen LogP contribution in [0, 0.1) is 0 Å². The summed E-state index contributed by atoms with van der Waals surface area (Å²) in [6.07, 6.45) is 2.64. The van der Waals surface area contributed by atoms with E-state index >= 15 is 0 Å². The van der Waals surface area contributed by atoms with Gasteiger partial charge in [0.1, 0.15) is 0 Å². The molecule has 100 valence electrons. The largest absolute Gasteiger partial charge is 0.317 e. The molecular formula is C14H39N. The van der Waals surface area contributed by atoms with Crippen LogP contribution in [-0.4, -0.2) is 13.1 Å². The highest BCUT2D eigenvalue weighted by Crippen LogP contribution is 1.76. The van der Waals surface area contributed by atoms with E-state index in [0.717, 1.165) is 13.1 Å². The number of rotatable bonds is 3. The Kier molecular flexibility index (Phi) is 187. The highest BCUT2D eigenvalue weighted by atomic mass is 14.8. The summed E-state index contributed by atoms with van der Waals surface area (Å²) in [5, 5.41) is 3.11. The molecule has 0 heterocycles. The second kappa shape index (κ2) is 95.3. The normalized spacial score (nSPS) is 6.00. The van der Waals surface area contributed by atoms with E-state index in [2.05, 4.69) is 33.0 Å². The third-order valence-electron chi connectivity index (χ3n) is 1.000. The van der Waals surface area contributed by atoms with E-state index in [4.69, 9.17) is 0 Å². The zero-order chi connectivity index (χ0) is 13.5. The molecule has 0 bridgehead atoms. The minimum atomic E-state index is 1.09. The molecule has 0 atom stereocenters. The lowest BCUT2D eigenvalue weighted by molar-refractivity contribution is 0.762. The molecule has 0 saturated heterocycles. The molecule has 15 heavy (non-hydrogen) atoms. The smallest absolute Gasteiger partial charge is 0.00775 e. The van der Waals surface area contributed by atoms with Crippen molar-refractivity contribution in [2.75, 3.05) is 13.1 Å². The van der Waals surface area contributed by atoms with Gasteiger partial charge in [0.05, 0.1) is 0 Å². The lowest BCUT2D eigenvalue weighted by Gasteiger charge is -1.86. The van der Waals surface area contributed by atoms with Gasteiger partial charge in [0.15, 0.2) is 0 Å². The monoisotopic (exact) mass is 221 g/mol. The number of hydrogen-bond acceptors (Lipinski definition) is 1. The first-order valence-corrected chi connectivity index (χ1v) is 7.04. The molecule has 0 aliphatic carbocycles. The topological polar surface area (TPSA) is 12.0 Å². The van der Waals surface area contributed by atoms with Crippen LogP contribution in [0.1, 0.15) is 82.1 Å². The summed E-state index contributed by atoms with van der Waals surface area (Å²) in [7, 11) is 0. The summed E-state index contributed by atoms with van der Waals surface area (Å²) in [5.74, 6) is 0. The van der Waals surface area contributed by atoms with Gasteiger partial charge in [0.25, 0.3) is 0 Å². The Morgan fingerprint density at radius 2 is 0.733 bits per heavy atom. The molecule has 0 saturated carbocycles. The van der Waals surface area contributed by atoms with Gasteiger partial charge in [-0.15, -0.1) is 0 Å². The van der Waals surface area contributed by atoms with Crippen molar-refractivity contribution < 1.29 is 0 Å². The van der Waals surface area contributed by atoms with Gasteiger partial charge in [-0.2, -0.15) is 0 Å². The fraction of sp³-hybridized carbons (Fsp3) is 1.00. The van der Waals surface area contributed by atoms with Gasteiger partial charge in [-0.1, -0.05) is 82.1 Å². The van der Waals surface area contributed by atoms with E-state index in [-0.39, 0.29) is 0 Å². The van der Waals surface area contributed by atoms with Gasteiger partial charge in [-0.25, -0.2) is 0 Å². The van der Waals surface area contributed by atoms with Gasteiger partial charge in [-0.3, -0.25) is 0 Å². The maximum absolute atomic E-state index is 3.11. The molecule has 0 aromatic heterocycles. The molecule has 1 N–H and O–H groups in total. The van der Waals surface area contributed by atoms with Crippen LogP contribution in [0.5, 0.6) is 0 Å². The zero-order valence-electron chi connectivity index (χ0n) is 13.3. The van der Waals surface area contributed by atoms with Crippen LogP contribution >= 0.6 is 0 Å². The Labute approximate surface area is 101 Å². The first-order chi connectivity index (χ1) is 7.33. The molecule has 0 amide bonds. The molecule has 0 fully saturated rings. The van der Waals surface area contributed by atoms with Crippen molar-refractivity contribution in [3.8, 4) is 0 Å². The van der Waals surface area contributed by atoms with Crippen LogP contribution in [0.2, 0.25) is 0 Å². The maximum Gasteiger partial charge on any atom is -0.00775 e. The molecule has 0 aliphatic rings. The minimum Gasteiger partial charge on any atom is -0.317 e.